The van der Waals surface area contributed by atoms with Crippen molar-refractivity contribution in [2.75, 3.05) is 13.2 Å². The summed E-state index contributed by atoms with van der Waals surface area (Å²) in [5, 5.41) is 11.1. The quantitative estimate of drug-likeness (QED) is 0.146. The molecule has 0 saturated heterocycles. The Kier molecular flexibility index (Phi) is 12.7. The van der Waals surface area contributed by atoms with Gasteiger partial charge in [-0.15, -0.1) is 0 Å². The molecule has 6 nitrogen and oxygen atoms in total. The number of rotatable bonds is 7. The Morgan fingerprint density at radius 3 is 1.35 bits per heavy atom. The van der Waals surface area contributed by atoms with Crippen LogP contribution >= 0.6 is 8.60 Å². The van der Waals surface area contributed by atoms with Gasteiger partial charge in [-0.05, 0) is 77.9 Å². The number of ether oxygens (including phenoxy) is 1. The molecule has 3 aromatic rings. The second-order valence-corrected chi connectivity index (χ2v) is 22.8. The molecule has 0 bridgehead atoms. The third-order valence-corrected chi connectivity index (χ3v) is 11.4. The number of aromatic hydroxyl groups is 1. The molecule has 0 spiro atoms. The minimum absolute atomic E-state index is 0.0578. The van der Waals surface area contributed by atoms with Crippen LogP contribution in [0.15, 0.2) is 36.4 Å². The van der Waals surface area contributed by atoms with Gasteiger partial charge in [-0.3, -0.25) is 9.32 Å². The summed E-state index contributed by atoms with van der Waals surface area (Å²) in [5.74, 6) is 1.66. The largest absolute Gasteiger partial charge is 0.507 e. The van der Waals surface area contributed by atoms with Crippen LogP contribution in [-0.2, 0) is 59.4 Å². The van der Waals surface area contributed by atoms with Gasteiger partial charge >= 0.3 is 14.6 Å². The van der Waals surface area contributed by atoms with Gasteiger partial charge in [0.25, 0.3) is 0 Å². The summed E-state index contributed by atoms with van der Waals surface area (Å²) in [5.41, 5.74) is 8.77. The topological polar surface area (TPSA) is 74.2 Å². The van der Waals surface area contributed by atoms with Crippen LogP contribution in [0.2, 0.25) is 0 Å². The normalized spacial score (nSPS) is 14.7. The standard InChI is InChI=1S/C48H71O6P/c1-43(2,3)33-26-31-25-32-27-34(44(4,5)6)29-38(48(16,17)18)42(32)54-55(53-41(31)37(28-33)47(13,14)15)52-22-21-51-39(49)20-19-30-23-35(45(7,8)9)40(50)36(24-30)46(10,11)12/h23-24,26-29,50H,19-22,25H2,1-18H3. The highest BCUT2D eigenvalue weighted by molar-refractivity contribution is 7.42. The molecule has 7 heteroatoms. The van der Waals surface area contributed by atoms with Crippen LogP contribution in [0.1, 0.15) is 181 Å². The van der Waals surface area contributed by atoms with E-state index in [4.69, 9.17) is 18.3 Å². The highest BCUT2D eigenvalue weighted by Gasteiger charge is 2.35. The maximum Gasteiger partial charge on any atom is 0.463 e. The molecular weight excluding hydrogens is 703 g/mol. The summed E-state index contributed by atoms with van der Waals surface area (Å²) in [6.45, 7) is 39.6. The second kappa shape index (κ2) is 15.7. The molecule has 0 atom stereocenters. The van der Waals surface area contributed by atoms with E-state index in [1.807, 2.05) is 12.1 Å². The van der Waals surface area contributed by atoms with Crippen molar-refractivity contribution in [3.63, 3.8) is 0 Å². The fourth-order valence-electron chi connectivity index (χ4n) is 6.83. The van der Waals surface area contributed by atoms with Crippen molar-refractivity contribution in [1.29, 1.82) is 0 Å². The molecule has 1 aliphatic rings. The summed E-state index contributed by atoms with van der Waals surface area (Å²) in [4.78, 5) is 13.1. The highest BCUT2D eigenvalue weighted by atomic mass is 31.2. The molecule has 304 valence electrons. The van der Waals surface area contributed by atoms with Crippen LogP contribution in [0.25, 0.3) is 0 Å². The fourth-order valence-corrected chi connectivity index (χ4v) is 7.93. The van der Waals surface area contributed by atoms with Crippen LogP contribution in [-0.4, -0.2) is 24.3 Å². The van der Waals surface area contributed by atoms with E-state index >= 15 is 0 Å². The van der Waals surface area contributed by atoms with E-state index in [1.54, 1.807) is 0 Å². The molecule has 4 rings (SSSR count). The molecule has 1 aliphatic heterocycles. The summed E-state index contributed by atoms with van der Waals surface area (Å²) < 4.78 is 25.8. The number of fused-ring (bicyclic) bond motifs is 2. The lowest BCUT2D eigenvalue weighted by molar-refractivity contribution is -0.144. The van der Waals surface area contributed by atoms with Gasteiger partial charge < -0.3 is 18.9 Å². The summed E-state index contributed by atoms with van der Waals surface area (Å²) in [7, 11) is -1.91. The third-order valence-electron chi connectivity index (χ3n) is 10.3. The first-order chi connectivity index (χ1) is 24.9. The Balaban J connectivity index is 1.63. The molecule has 1 heterocycles. The molecule has 0 aliphatic carbocycles. The second-order valence-electron chi connectivity index (χ2n) is 21.7. The van der Waals surface area contributed by atoms with E-state index in [9.17, 15) is 9.90 Å². The lowest BCUT2D eigenvalue weighted by atomic mass is 9.76. The molecule has 0 fully saturated rings. The van der Waals surface area contributed by atoms with Crippen molar-refractivity contribution >= 4 is 14.6 Å². The summed E-state index contributed by atoms with van der Waals surface area (Å²) in [6.07, 6.45) is 1.40. The predicted molar refractivity (Wildman–Crippen MR) is 229 cm³/mol. The van der Waals surface area contributed by atoms with E-state index in [0.29, 0.717) is 18.6 Å². The van der Waals surface area contributed by atoms with Gasteiger partial charge in [-0.25, -0.2) is 0 Å². The van der Waals surface area contributed by atoms with Crippen molar-refractivity contribution in [2.24, 2.45) is 0 Å². The lowest BCUT2D eigenvalue weighted by Crippen LogP contribution is -2.22. The number of carbonyl (C=O) groups is 1. The molecule has 55 heavy (non-hydrogen) atoms. The van der Waals surface area contributed by atoms with Gasteiger partial charge in [0.15, 0.2) is 0 Å². The smallest absolute Gasteiger partial charge is 0.463 e. The average molecular weight is 775 g/mol. The van der Waals surface area contributed by atoms with Crippen molar-refractivity contribution in [3.8, 4) is 17.2 Å². The molecule has 1 N–H and O–H groups in total. The number of phenolic OH excluding ortho intramolecular Hbond substituents is 1. The molecule has 0 unspecified atom stereocenters. The number of benzene rings is 3. The summed E-state index contributed by atoms with van der Waals surface area (Å²) >= 11 is 0. The summed E-state index contributed by atoms with van der Waals surface area (Å²) in [6, 6.07) is 13.2. The first-order valence-electron chi connectivity index (χ1n) is 20.0. The zero-order valence-electron chi connectivity index (χ0n) is 37.4. The predicted octanol–water partition coefficient (Wildman–Crippen LogP) is 13.0. The van der Waals surface area contributed by atoms with Gasteiger partial charge in [0, 0.05) is 24.0 Å². The number of hydrogen-bond acceptors (Lipinski definition) is 6. The molecule has 0 radical (unpaired) electrons. The Hall–Kier alpha value is -3.08. The zero-order chi connectivity index (χ0) is 41.7. The zero-order valence-corrected chi connectivity index (χ0v) is 38.3. The number of phenols is 1. The van der Waals surface area contributed by atoms with Crippen molar-refractivity contribution in [2.45, 2.75) is 176 Å². The molecule has 0 aromatic heterocycles. The Morgan fingerprint density at radius 1 is 0.582 bits per heavy atom. The van der Waals surface area contributed by atoms with Gasteiger partial charge in [-0.1, -0.05) is 161 Å². The van der Waals surface area contributed by atoms with E-state index in [0.717, 1.165) is 50.4 Å². The van der Waals surface area contributed by atoms with E-state index in [2.05, 4.69) is 149 Å². The van der Waals surface area contributed by atoms with Gasteiger partial charge in [0.2, 0.25) is 0 Å². The minimum atomic E-state index is -1.91. The van der Waals surface area contributed by atoms with Crippen molar-refractivity contribution in [1.82, 2.24) is 0 Å². The average Bonchev–Trinajstić information content (AvgIpc) is 2.99. The fraction of sp³-hybridized carbons (Fsp3) is 0.604. The SMILES string of the molecule is CC(C)(C)c1cc2c(c(C(C)(C)C)c1)OP(OCCOC(=O)CCc1cc(C(C)(C)C)c(O)c(C(C)(C)C)c1)Oc1c(cc(C(C)(C)C)cc1C(C)(C)C)C2. The number of carbonyl (C=O) groups excluding carboxylic acids is 1. The molecule has 0 saturated carbocycles. The van der Waals surface area contributed by atoms with Crippen LogP contribution < -0.4 is 9.05 Å². The minimum Gasteiger partial charge on any atom is -0.507 e. The number of hydrogen-bond donors (Lipinski definition) is 1. The van der Waals surface area contributed by atoms with Gasteiger partial charge in [-0.2, -0.15) is 0 Å². The van der Waals surface area contributed by atoms with Gasteiger partial charge in [0.05, 0.1) is 6.61 Å². The Bertz CT molecular complexity index is 1740. The molecular formula is C48H71O6P. The van der Waals surface area contributed by atoms with Crippen LogP contribution in [0.5, 0.6) is 17.2 Å². The Labute approximate surface area is 335 Å². The first kappa shape index (κ1) is 44.6. The van der Waals surface area contributed by atoms with Crippen LogP contribution in [0.4, 0.5) is 0 Å². The van der Waals surface area contributed by atoms with E-state index in [1.165, 1.54) is 11.1 Å². The monoisotopic (exact) mass is 774 g/mol. The number of esters is 1. The maximum atomic E-state index is 13.1. The van der Waals surface area contributed by atoms with E-state index < -0.39 is 8.60 Å². The van der Waals surface area contributed by atoms with Crippen LogP contribution in [0, 0.1) is 0 Å². The van der Waals surface area contributed by atoms with Crippen molar-refractivity contribution in [3.05, 3.63) is 86.5 Å². The van der Waals surface area contributed by atoms with Gasteiger partial charge in [0.1, 0.15) is 23.9 Å². The Morgan fingerprint density at radius 2 is 0.982 bits per heavy atom. The first-order valence-corrected chi connectivity index (χ1v) is 21.1. The number of aryl methyl sites for hydroxylation is 1. The van der Waals surface area contributed by atoms with Crippen LogP contribution in [0.3, 0.4) is 0 Å². The van der Waals surface area contributed by atoms with Crippen molar-refractivity contribution < 1.29 is 28.2 Å². The highest BCUT2D eigenvalue weighted by Crippen LogP contribution is 2.53. The third kappa shape index (κ3) is 11.1. The molecule has 0 amide bonds. The van der Waals surface area contributed by atoms with E-state index in [-0.39, 0.29) is 58.1 Å². The lowest BCUT2D eigenvalue weighted by Gasteiger charge is -2.34. The maximum absolute atomic E-state index is 13.1. The molecule has 3 aromatic carbocycles.